The summed E-state index contributed by atoms with van der Waals surface area (Å²) in [4.78, 5) is 24.2. The molecule has 7 nitrogen and oxygen atoms in total. The van der Waals surface area contributed by atoms with E-state index in [2.05, 4.69) is 16.0 Å². The lowest BCUT2D eigenvalue weighted by Crippen LogP contribution is -2.51. The highest BCUT2D eigenvalue weighted by Gasteiger charge is 2.32. The monoisotopic (exact) mass is 322 g/mol. The Morgan fingerprint density at radius 1 is 1.48 bits per heavy atom. The van der Waals surface area contributed by atoms with Gasteiger partial charge < -0.3 is 20.7 Å². The van der Waals surface area contributed by atoms with E-state index < -0.39 is 18.0 Å². The molecule has 8 heteroatoms. The molecule has 0 bridgehead atoms. The number of anilines is 2. The molecule has 0 radical (unpaired) electrons. The second kappa shape index (κ2) is 6.41. The summed E-state index contributed by atoms with van der Waals surface area (Å²) in [5, 5.41) is 8.80. The summed E-state index contributed by atoms with van der Waals surface area (Å²) >= 11 is 0. The minimum absolute atomic E-state index is 0.188. The quantitative estimate of drug-likeness (QED) is 0.742. The van der Waals surface area contributed by atoms with Gasteiger partial charge in [0.25, 0.3) is 0 Å². The van der Waals surface area contributed by atoms with Gasteiger partial charge >= 0.3 is 6.09 Å². The molecule has 2 aliphatic rings. The van der Waals surface area contributed by atoms with Crippen molar-refractivity contribution in [2.24, 2.45) is 0 Å². The molecular formula is C15H19FN4O3. The molecule has 23 heavy (non-hydrogen) atoms. The van der Waals surface area contributed by atoms with Gasteiger partial charge in [-0.15, -0.1) is 0 Å². The van der Waals surface area contributed by atoms with Crippen LogP contribution in [-0.4, -0.2) is 50.3 Å². The average molecular weight is 322 g/mol. The molecule has 2 amide bonds. The molecule has 2 heterocycles. The molecule has 1 atom stereocenters. The Morgan fingerprint density at radius 3 is 2.87 bits per heavy atom. The van der Waals surface area contributed by atoms with Crippen molar-refractivity contribution in [3.05, 3.63) is 24.0 Å². The number of hydrogen-bond donors (Lipinski definition) is 3. The maximum Gasteiger partial charge on any atom is 0.414 e. The van der Waals surface area contributed by atoms with Gasteiger partial charge in [-0.2, -0.15) is 0 Å². The summed E-state index contributed by atoms with van der Waals surface area (Å²) in [5.41, 5.74) is 0.859. The van der Waals surface area contributed by atoms with Crippen LogP contribution >= 0.6 is 0 Å². The zero-order valence-corrected chi connectivity index (χ0v) is 12.8. The molecule has 0 aliphatic carbocycles. The first kappa shape index (κ1) is 15.5. The molecule has 0 aromatic heterocycles. The molecule has 1 aromatic carbocycles. The third-order valence-corrected chi connectivity index (χ3v) is 3.86. The molecule has 3 N–H and O–H groups in total. The van der Waals surface area contributed by atoms with E-state index in [0.717, 1.165) is 13.1 Å². The van der Waals surface area contributed by atoms with Gasteiger partial charge in [0.1, 0.15) is 11.9 Å². The minimum Gasteiger partial charge on any atom is -0.442 e. The number of rotatable bonds is 5. The van der Waals surface area contributed by atoms with Crippen LogP contribution < -0.4 is 20.9 Å². The van der Waals surface area contributed by atoms with Crippen molar-refractivity contribution in [3.8, 4) is 0 Å². The molecule has 0 unspecified atom stereocenters. The van der Waals surface area contributed by atoms with Crippen LogP contribution in [0.5, 0.6) is 0 Å². The fourth-order valence-electron chi connectivity index (χ4n) is 2.50. The maximum atomic E-state index is 14.2. The van der Waals surface area contributed by atoms with Crippen molar-refractivity contribution in [2.75, 3.05) is 36.4 Å². The van der Waals surface area contributed by atoms with E-state index in [0.29, 0.717) is 11.4 Å². The van der Waals surface area contributed by atoms with Crippen molar-refractivity contribution in [1.29, 1.82) is 0 Å². The number of nitrogens with one attached hydrogen (secondary N) is 3. The number of benzene rings is 1. The van der Waals surface area contributed by atoms with Gasteiger partial charge in [-0.05, 0) is 18.2 Å². The zero-order chi connectivity index (χ0) is 16.4. The van der Waals surface area contributed by atoms with Gasteiger partial charge in [0, 0.05) is 20.0 Å². The average Bonchev–Trinajstić information content (AvgIpc) is 2.83. The van der Waals surface area contributed by atoms with E-state index in [4.69, 9.17) is 4.74 Å². The highest BCUT2D eigenvalue weighted by atomic mass is 19.1. The Hall–Kier alpha value is -2.35. The van der Waals surface area contributed by atoms with Gasteiger partial charge in [0.15, 0.2) is 0 Å². The smallest absolute Gasteiger partial charge is 0.414 e. The SMILES string of the molecule is CC(=O)NC[C@H]1CN(c2ccc(NC3CNC3)c(F)c2)C(=O)O1. The Kier molecular flexibility index (Phi) is 4.33. The highest BCUT2D eigenvalue weighted by Crippen LogP contribution is 2.26. The lowest BCUT2D eigenvalue weighted by Gasteiger charge is -2.29. The van der Waals surface area contributed by atoms with Crippen LogP contribution in [0, 0.1) is 5.82 Å². The minimum atomic E-state index is -0.538. The van der Waals surface area contributed by atoms with E-state index in [1.54, 1.807) is 12.1 Å². The molecule has 2 saturated heterocycles. The van der Waals surface area contributed by atoms with Crippen molar-refractivity contribution in [1.82, 2.24) is 10.6 Å². The second-order valence-electron chi connectivity index (χ2n) is 5.72. The van der Waals surface area contributed by atoms with Crippen LogP contribution in [0.1, 0.15) is 6.92 Å². The fourth-order valence-corrected chi connectivity index (χ4v) is 2.50. The Labute approximate surface area is 133 Å². The highest BCUT2D eigenvalue weighted by molar-refractivity contribution is 5.90. The van der Waals surface area contributed by atoms with Gasteiger partial charge in [-0.25, -0.2) is 9.18 Å². The van der Waals surface area contributed by atoms with Crippen LogP contribution in [0.15, 0.2) is 18.2 Å². The van der Waals surface area contributed by atoms with E-state index in [1.807, 2.05) is 0 Å². The van der Waals surface area contributed by atoms with E-state index in [9.17, 15) is 14.0 Å². The Balaban J connectivity index is 1.65. The predicted molar refractivity (Wildman–Crippen MR) is 83.0 cm³/mol. The number of carbonyl (C=O) groups is 2. The third-order valence-electron chi connectivity index (χ3n) is 3.86. The number of amides is 2. The summed E-state index contributed by atoms with van der Waals surface area (Å²) in [6, 6.07) is 4.85. The third kappa shape index (κ3) is 3.53. The van der Waals surface area contributed by atoms with E-state index >= 15 is 0 Å². The summed E-state index contributed by atoms with van der Waals surface area (Å²) in [7, 11) is 0. The van der Waals surface area contributed by atoms with Crippen molar-refractivity contribution >= 4 is 23.4 Å². The first-order valence-corrected chi connectivity index (χ1v) is 7.52. The number of hydrogen-bond acceptors (Lipinski definition) is 5. The fraction of sp³-hybridized carbons (Fsp3) is 0.467. The van der Waals surface area contributed by atoms with Gasteiger partial charge in [0.2, 0.25) is 5.91 Å². The van der Waals surface area contributed by atoms with E-state index in [-0.39, 0.29) is 25.0 Å². The van der Waals surface area contributed by atoms with Gasteiger partial charge in [0.05, 0.1) is 30.5 Å². The number of halogens is 1. The molecule has 1 aromatic rings. The van der Waals surface area contributed by atoms with Crippen LogP contribution in [0.4, 0.5) is 20.6 Å². The number of ether oxygens (including phenoxy) is 1. The summed E-state index contributed by atoms with van der Waals surface area (Å²) in [5.74, 6) is -0.598. The summed E-state index contributed by atoms with van der Waals surface area (Å²) in [6.07, 6.45) is -0.975. The largest absolute Gasteiger partial charge is 0.442 e. The lowest BCUT2D eigenvalue weighted by molar-refractivity contribution is -0.119. The number of carbonyl (C=O) groups excluding carboxylic acids is 2. The molecular weight excluding hydrogens is 303 g/mol. The molecule has 2 fully saturated rings. The van der Waals surface area contributed by atoms with Crippen LogP contribution in [0.2, 0.25) is 0 Å². The molecule has 3 rings (SSSR count). The second-order valence-corrected chi connectivity index (χ2v) is 5.72. The first-order valence-electron chi connectivity index (χ1n) is 7.52. The first-order chi connectivity index (χ1) is 11.0. The molecule has 2 aliphatic heterocycles. The lowest BCUT2D eigenvalue weighted by atomic mass is 10.1. The van der Waals surface area contributed by atoms with Gasteiger partial charge in [-0.1, -0.05) is 0 Å². The normalized spacial score (nSPS) is 20.9. The Morgan fingerprint density at radius 2 is 2.26 bits per heavy atom. The van der Waals surface area contributed by atoms with Crippen molar-refractivity contribution < 1.29 is 18.7 Å². The molecule has 0 saturated carbocycles. The maximum absolute atomic E-state index is 14.2. The van der Waals surface area contributed by atoms with Gasteiger partial charge in [-0.3, -0.25) is 9.69 Å². The topological polar surface area (TPSA) is 82.7 Å². The standard InChI is InChI=1S/C15H19FN4O3/c1-9(21)18-7-12-8-20(15(22)23-12)11-2-3-14(13(16)4-11)19-10-5-17-6-10/h2-4,10,12,17,19H,5-8H2,1H3,(H,18,21)/t12-/m0/s1. The van der Waals surface area contributed by atoms with Crippen LogP contribution in [0.25, 0.3) is 0 Å². The van der Waals surface area contributed by atoms with E-state index in [1.165, 1.54) is 17.9 Å². The van der Waals surface area contributed by atoms with Crippen LogP contribution in [0.3, 0.4) is 0 Å². The van der Waals surface area contributed by atoms with Crippen LogP contribution in [-0.2, 0) is 9.53 Å². The summed E-state index contributed by atoms with van der Waals surface area (Å²) < 4.78 is 19.3. The summed E-state index contributed by atoms with van der Waals surface area (Å²) in [6.45, 7) is 3.54. The van der Waals surface area contributed by atoms with Crippen molar-refractivity contribution in [3.63, 3.8) is 0 Å². The predicted octanol–water partition coefficient (Wildman–Crippen LogP) is 0.671. The number of cyclic esters (lactones) is 1. The van der Waals surface area contributed by atoms with Crippen molar-refractivity contribution in [2.45, 2.75) is 19.1 Å². The molecule has 0 spiro atoms. The number of nitrogens with zero attached hydrogens (tertiary/aromatic N) is 1. The molecule has 124 valence electrons. The zero-order valence-electron chi connectivity index (χ0n) is 12.8. The Bertz CT molecular complexity index is 621.